The van der Waals surface area contributed by atoms with Gasteiger partial charge in [0.25, 0.3) is 0 Å². The van der Waals surface area contributed by atoms with E-state index in [9.17, 15) is 4.79 Å². The molecule has 7 nitrogen and oxygen atoms in total. The lowest BCUT2D eigenvalue weighted by molar-refractivity contribution is -0.121. The van der Waals surface area contributed by atoms with Gasteiger partial charge in [-0.3, -0.25) is 4.79 Å². The quantitative estimate of drug-likeness (QED) is 0.784. The minimum absolute atomic E-state index is 0.0520. The van der Waals surface area contributed by atoms with E-state index in [2.05, 4.69) is 16.0 Å². The van der Waals surface area contributed by atoms with Gasteiger partial charge in [0.2, 0.25) is 5.91 Å². The molecular weight excluding hydrogens is 318 g/mol. The second kappa shape index (κ2) is 7.23. The van der Waals surface area contributed by atoms with Crippen LogP contribution < -0.4 is 16.0 Å². The molecule has 0 aromatic carbocycles. The van der Waals surface area contributed by atoms with Gasteiger partial charge in [-0.05, 0) is 44.4 Å². The van der Waals surface area contributed by atoms with Gasteiger partial charge in [-0.25, -0.2) is 9.97 Å². The number of carbonyl (C=O) groups is 1. The summed E-state index contributed by atoms with van der Waals surface area (Å²) in [7, 11) is 0. The van der Waals surface area contributed by atoms with E-state index in [0.29, 0.717) is 11.6 Å². The lowest BCUT2D eigenvalue weighted by atomic mass is 10.1. The van der Waals surface area contributed by atoms with Crippen molar-refractivity contribution in [2.24, 2.45) is 0 Å². The highest BCUT2D eigenvalue weighted by Gasteiger charge is 2.24. The number of rotatable bonds is 3. The number of amides is 1. The van der Waals surface area contributed by atoms with E-state index in [0.717, 1.165) is 68.8 Å². The highest BCUT2D eigenvalue weighted by Crippen LogP contribution is 2.26. The predicted molar refractivity (Wildman–Crippen MR) is 94.3 cm³/mol. The lowest BCUT2D eigenvalue weighted by Crippen LogP contribution is -2.38. The number of anilines is 1. The molecule has 7 heteroatoms. The Kier molecular flexibility index (Phi) is 4.65. The fourth-order valence-electron chi connectivity index (χ4n) is 3.42. The van der Waals surface area contributed by atoms with E-state index in [-0.39, 0.29) is 11.9 Å². The monoisotopic (exact) mass is 341 g/mol. The maximum absolute atomic E-state index is 12.3. The van der Waals surface area contributed by atoms with Crippen molar-refractivity contribution in [2.45, 2.75) is 38.1 Å². The van der Waals surface area contributed by atoms with Crippen molar-refractivity contribution in [3.63, 3.8) is 0 Å². The van der Waals surface area contributed by atoms with Crippen LogP contribution in [0.5, 0.6) is 0 Å². The number of hydrogen-bond donors (Lipinski definition) is 3. The van der Waals surface area contributed by atoms with E-state index >= 15 is 0 Å². The molecule has 2 aliphatic rings. The summed E-state index contributed by atoms with van der Waals surface area (Å²) in [5, 5.41) is 9.77. The smallest absolute Gasteiger partial charge is 0.242 e. The van der Waals surface area contributed by atoms with Crippen molar-refractivity contribution in [2.75, 3.05) is 25.0 Å². The van der Waals surface area contributed by atoms with Crippen LogP contribution in [0.4, 0.5) is 5.82 Å². The number of fused-ring (bicyclic) bond motifs is 1. The average Bonchev–Trinajstić information content (AvgIpc) is 2.95. The number of carbonyl (C=O) groups excluding carboxylic acids is 1. The molecule has 0 bridgehead atoms. The maximum Gasteiger partial charge on any atom is 0.242 e. The zero-order valence-corrected chi connectivity index (χ0v) is 14.2. The number of furan rings is 1. The van der Waals surface area contributed by atoms with Gasteiger partial charge in [0.1, 0.15) is 11.9 Å². The largest absolute Gasteiger partial charge is 0.461 e. The van der Waals surface area contributed by atoms with Gasteiger partial charge in [-0.2, -0.15) is 0 Å². The standard InChI is InChI=1S/C18H23N5O2/c24-18-14(4-1-2-8-20-18)22-16-12-6-9-19-10-7-13(12)21-17(23-16)15-5-3-11-25-15/h3,5,11,14,19H,1-2,4,6-10H2,(H,20,24)(H,21,22,23). The third kappa shape index (κ3) is 3.51. The van der Waals surface area contributed by atoms with Crippen LogP contribution in [0.1, 0.15) is 30.5 Å². The molecule has 2 aliphatic heterocycles. The summed E-state index contributed by atoms with van der Waals surface area (Å²) in [6, 6.07) is 3.44. The Morgan fingerprint density at radius 2 is 2.08 bits per heavy atom. The minimum atomic E-state index is -0.248. The van der Waals surface area contributed by atoms with Crippen LogP contribution >= 0.6 is 0 Å². The van der Waals surface area contributed by atoms with E-state index < -0.39 is 0 Å². The topological polar surface area (TPSA) is 92.1 Å². The van der Waals surface area contributed by atoms with Crippen molar-refractivity contribution in [3.8, 4) is 11.6 Å². The van der Waals surface area contributed by atoms with E-state index in [4.69, 9.17) is 14.4 Å². The molecule has 0 spiro atoms. The van der Waals surface area contributed by atoms with Crippen LogP contribution in [-0.4, -0.2) is 41.6 Å². The Hall–Kier alpha value is -2.41. The molecule has 0 radical (unpaired) electrons. The molecule has 1 unspecified atom stereocenters. The molecule has 1 saturated heterocycles. The second-order valence-corrected chi connectivity index (χ2v) is 6.53. The summed E-state index contributed by atoms with van der Waals surface area (Å²) in [5.41, 5.74) is 2.14. The summed E-state index contributed by atoms with van der Waals surface area (Å²) in [6.07, 6.45) is 6.18. The molecule has 1 amide bonds. The molecular formula is C18H23N5O2. The van der Waals surface area contributed by atoms with Gasteiger partial charge < -0.3 is 20.4 Å². The molecule has 4 rings (SSSR count). The fraction of sp³-hybridized carbons (Fsp3) is 0.500. The first-order valence-corrected chi connectivity index (χ1v) is 9.00. The van der Waals surface area contributed by atoms with E-state index in [1.54, 1.807) is 6.26 Å². The van der Waals surface area contributed by atoms with Crippen molar-refractivity contribution < 1.29 is 9.21 Å². The molecule has 132 valence electrons. The molecule has 1 atom stereocenters. The Morgan fingerprint density at radius 3 is 2.96 bits per heavy atom. The highest BCUT2D eigenvalue weighted by molar-refractivity contribution is 5.84. The molecule has 0 aliphatic carbocycles. The Morgan fingerprint density at radius 1 is 1.16 bits per heavy atom. The number of nitrogens with zero attached hydrogens (tertiary/aromatic N) is 2. The summed E-state index contributed by atoms with van der Waals surface area (Å²) < 4.78 is 5.48. The summed E-state index contributed by atoms with van der Waals surface area (Å²) in [5.74, 6) is 2.04. The zero-order valence-electron chi connectivity index (χ0n) is 14.2. The third-order valence-corrected chi connectivity index (χ3v) is 4.77. The molecule has 0 saturated carbocycles. The summed E-state index contributed by atoms with van der Waals surface area (Å²) in [4.78, 5) is 21.7. The average molecular weight is 341 g/mol. The van der Waals surface area contributed by atoms with Gasteiger partial charge >= 0.3 is 0 Å². The van der Waals surface area contributed by atoms with Crippen molar-refractivity contribution in [1.29, 1.82) is 0 Å². The van der Waals surface area contributed by atoms with Gasteiger partial charge in [-0.15, -0.1) is 0 Å². The normalized spacial score (nSPS) is 21.0. The van der Waals surface area contributed by atoms with Crippen LogP contribution in [0, 0.1) is 0 Å². The fourth-order valence-corrected chi connectivity index (χ4v) is 3.42. The summed E-state index contributed by atoms with van der Waals surface area (Å²) in [6.45, 7) is 2.54. The predicted octanol–water partition coefficient (Wildman–Crippen LogP) is 1.51. The minimum Gasteiger partial charge on any atom is -0.461 e. The van der Waals surface area contributed by atoms with Crippen LogP contribution in [0.15, 0.2) is 22.8 Å². The first kappa shape index (κ1) is 16.1. The van der Waals surface area contributed by atoms with Gasteiger partial charge in [0.05, 0.1) is 12.0 Å². The number of hydrogen-bond acceptors (Lipinski definition) is 6. The Labute approximate surface area is 146 Å². The van der Waals surface area contributed by atoms with Crippen LogP contribution in [-0.2, 0) is 17.6 Å². The number of aromatic nitrogens is 2. The Bertz CT molecular complexity index is 744. The first-order chi connectivity index (χ1) is 12.3. The van der Waals surface area contributed by atoms with E-state index in [1.807, 2.05) is 12.1 Å². The third-order valence-electron chi connectivity index (χ3n) is 4.77. The molecule has 1 fully saturated rings. The maximum atomic E-state index is 12.3. The van der Waals surface area contributed by atoms with Crippen LogP contribution in [0.3, 0.4) is 0 Å². The molecule has 3 N–H and O–H groups in total. The molecule has 2 aromatic rings. The first-order valence-electron chi connectivity index (χ1n) is 9.00. The lowest BCUT2D eigenvalue weighted by Gasteiger charge is -2.19. The number of nitrogens with one attached hydrogen (secondary N) is 3. The van der Waals surface area contributed by atoms with Gasteiger partial charge in [0.15, 0.2) is 11.6 Å². The molecule has 2 aromatic heterocycles. The van der Waals surface area contributed by atoms with Crippen LogP contribution in [0.25, 0.3) is 11.6 Å². The van der Waals surface area contributed by atoms with Crippen molar-refractivity contribution in [1.82, 2.24) is 20.6 Å². The highest BCUT2D eigenvalue weighted by atomic mass is 16.3. The van der Waals surface area contributed by atoms with Crippen LogP contribution in [0.2, 0.25) is 0 Å². The summed E-state index contributed by atoms with van der Waals surface area (Å²) >= 11 is 0. The Balaban J connectivity index is 1.71. The van der Waals surface area contributed by atoms with Crippen molar-refractivity contribution in [3.05, 3.63) is 29.7 Å². The van der Waals surface area contributed by atoms with Gasteiger partial charge in [-0.1, -0.05) is 0 Å². The van der Waals surface area contributed by atoms with Gasteiger partial charge in [0, 0.05) is 25.1 Å². The van der Waals surface area contributed by atoms with Crippen molar-refractivity contribution >= 4 is 11.7 Å². The molecule has 25 heavy (non-hydrogen) atoms. The molecule has 4 heterocycles. The second-order valence-electron chi connectivity index (χ2n) is 6.53. The van der Waals surface area contributed by atoms with E-state index in [1.165, 1.54) is 0 Å². The SMILES string of the molecule is O=C1NCCCCC1Nc1nc(-c2ccco2)nc2c1CCNCC2. The zero-order chi connectivity index (χ0) is 17.1.